The van der Waals surface area contributed by atoms with Gasteiger partial charge in [-0.05, 0) is 52.1 Å². The molecule has 5 heteroatoms. The first-order chi connectivity index (χ1) is 12.0. The number of hydrogen-bond donors (Lipinski definition) is 1. The van der Waals surface area contributed by atoms with E-state index in [4.69, 9.17) is 0 Å². The standard InChI is InChI=1S/C20H30N4O/c1-14-15(2)24(17-10-6-7-11-17)20(18(14)12-21)22-19(25)13-23(3)16-8-4-5-9-16/h16-17H,4-11,13H2,1-3H3,(H,22,25). The lowest BCUT2D eigenvalue weighted by atomic mass is 10.2. The summed E-state index contributed by atoms with van der Waals surface area (Å²) in [5.41, 5.74) is 2.73. The first kappa shape index (κ1) is 18.0. The van der Waals surface area contributed by atoms with Crippen LogP contribution in [0.5, 0.6) is 0 Å². The SMILES string of the molecule is Cc1c(C#N)c(NC(=O)CN(C)C2CCCC2)n(C2CCCC2)c1C. The van der Waals surface area contributed by atoms with Gasteiger partial charge in [0.2, 0.25) is 5.91 Å². The lowest BCUT2D eigenvalue weighted by molar-refractivity contribution is -0.117. The fourth-order valence-corrected chi connectivity index (χ4v) is 4.58. The summed E-state index contributed by atoms with van der Waals surface area (Å²) in [6.45, 7) is 4.44. The van der Waals surface area contributed by atoms with Gasteiger partial charge in [0, 0.05) is 17.8 Å². The Balaban J connectivity index is 1.79. The number of likely N-dealkylation sites (N-methyl/N-ethyl adjacent to an activating group) is 1. The molecule has 1 amide bonds. The summed E-state index contributed by atoms with van der Waals surface area (Å²) in [4.78, 5) is 14.8. The Bertz CT molecular complexity index is 673. The van der Waals surface area contributed by atoms with Crippen LogP contribution in [0.3, 0.4) is 0 Å². The van der Waals surface area contributed by atoms with Gasteiger partial charge in [-0.25, -0.2) is 0 Å². The molecule has 1 aromatic heterocycles. The number of hydrogen-bond acceptors (Lipinski definition) is 3. The zero-order chi connectivity index (χ0) is 18.0. The minimum atomic E-state index is -0.0114. The van der Waals surface area contributed by atoms with Crippen LogP contribution in [0.2, 0.25) is 0 Å². The lowest BCUT2D eigenvalue weighted by Gasteiger charge is -2.24. The maximum absolute atomic E-state index is 12.7. The van der Waals surface area contributed by atoms with Crippen LogP contribution in [-0.4, -0.2) is 35.0 Å². The molecule has 25 heavy (non-hydrogen) atoms. The number of carbonyl (C=O) groups is 1. The number of aromatic nitrogens is 1. The van der Waals surface area contributed by atoms with Crippen molar-refractivity contribution in [1.82, 2.24) is 9.47 Å². The van der Waals surface area contributed by atoms with Crippen molar-refractivity contribution in [2.45, 2.75) is 77.3 Å². The van der Waals surface area contributed by atoms with Gasteiger partial charge in [0.15, 0.2) is 0 Å². The predicted octanol–water partition coefficient (Wildman–Crippen LogP) is 3.90. The number of amides is 1. The Hall–Kier alpha value is -1.80. The highest BCUT2D eigenvalue weighted by atomic mass is 16.2. The molecule has 0 unspecified atom stereocenters. The van der Waals surface area contributed by atoms with E-state index in [9.17, 15) is 10.1 Å². The number of anilines is 1. The van der Waals surface area contributed by atoms with Crippen molar-refractivity contribution >= 4 is 11.7 Å². The van der Waals surface area contributed by atoms with Crippen LogP contribution in [0.1, 0.15) is 74.2 Å². The minimum Gasteiger partial charge on any atom is -0.327 e. The summed E-state index contributed by atoms with van der Waals surface area (Å²) in [5.74, 6) is 0.705. The maximum atomic E-state index is 12.7. The molecule has 1 heterocycles. The molecular weight excluding hydrogens is 312 g/mol. The number of nitrogens with one attached hydrogen (secondary N) is 1. The normalized spacial score (nSPS) is 18.8. The summed E-state index contributed by atoms with van der Waals surface area (Å²) >= 11 is 0. The number of nitrogens with zero attached hydrogens (tertiary/aromatic N) is 3. The largest absolute Gasteiger partial charge is 0.327 e. The van der Waals surface area contributed by atoms with Crippen molar-refractivity contribution in [3.05, 3.63) is 16.8 Å². The van der Waals surface area contributed by atoms with Crippen molar-refractivity contribution in [3.8, 4) is 6.07 Å². The van der Waals surface area contributed by atoms with E-state index in [2.05, 4.69) is 27.8 Å². The van der Waals surface area contributed by atoms with Crippen LogP contribution in [0.25, 0.3) is 0 Å². The minimum absolute atomic E-state index is 0.0114. The van der Waals surface area contributed by atoms with Crippen molar-refractivity contribution in [1.29, 1.82) is 5.26 Å². The molecule has 0 saturated heterocycles. The molecule has 2 aliphatic carbocycles. The molecule has 2 fully saturated rings. The van der Waals surface area contributed by atoms with E-state index in [1.807, 2.05) is 14.0 Å². The van der Waals surface area contributed by atoms with Gasteiger partial charge in [0.1, 0.15) is 11.9 Å². The Morgan fingerprint density at radius 3 is 2.40 bits per heavy atom. The Labute approximate surface area is 151 Å². The van der Waals surface area contributed by atoms with Gasteiger partial charge in [-0.3, -0.25) is 9.69 Å². The molecule has 0 spiro atoms. The lowest BCUT2D eigenvalue weighted by Crippen LogP contribution is -2.37. The van der Waals surface area contributed by atoms with Crippen molar-refractivity contribution < 1.29 is 4.79 Å². The highest BCUT2D eigenvalue weighted by molar-refractivity contribution is 5.93. The topological polar surface area (TPSA) is 61.1 Å². The van der Waals surface area contributed by atoms with Crippen molar-refractivity contribution in [3.63, 3.8) is 0 Å². The highest BCUT2D eigenvalue weighted by Crippen LogP contribution is 2.37. The second-order valence-corrected chi connectivity index (χ2v) is 7.76. The highest BCUT2D eigenvalue weighted by Gasteiger charge is 2.27. The molecule has 136 valence electrons. The summed E-state index contributed by atoms with van der Waals surface area (Å²) in [6, 6.07) is 3.24. The van der Waals surface area contributed by atoms with E-state index in [-0.39, 0.29) is 5.91 Å². The number of nitriles is 1. The van der Waals surface area contributed by atoms with Crippen molar-refractivity contribution in [2.75, 3.05) is 18.9 Å². The van der Waals surface area contributed by atoms with Gasteiger partial charge in [0.25, 0.3) is 0 Å². The van der Waals surface area contributed by atoms with Crippen LogP contribution in [0.4, 0.5) is 5.82 Å². The van der Waals surface area contributed by atoms with Gasteiger partial charge in [0.05, 0.1) is 12.1 Å². The average Bonchev–Trinajstić information content (AvgIpc) is 3.31. The molecular formula is C20H30N4O. The van der Waals surface area contributed by atoms with Crippen LogP contribution in [0.15, 0.2) is 0 Å². The quantitative estimate of drug-likeness (QED) is 0.882. The summed E-state index contributed by atoms with van der Waals surface area (Å²) in [7, 11) is 2.04. The van der Waals surface area contributed by atoms with Crippen LogP contribution >= 0.6 is 0 Å². The van der Waals surface area contributed by atoms with E-state index in [1.54, 1.807) is 0 Å². The molecule has 0 aliphatic heterocycles. The van der Waals surface area contributed by atoms with Crippen LogP contribution in [0, 0.1) is 25.2 Å². The summed E-state index contributed by atoms with van der Waals surface area (Å²) < 4.78 is 2.22. The van der Waals surface area contributed by atoms with Crippen molar-refractivity contribution in [2.24, 2.45) is 0 Å². The smallest absolute Gasteiger partial charge is 0.239 e. The molecule has 3 rings (SSSR count). The summed E-state index contributed by atoms with van der Waals surface area (Å²) in [5, 5.41) is 12.7. The average molecular weight is 342 g/mol. The molecule has 0 bridgehead atoms. The molecule has 0 atom stereocenters. The fourth-order valence-electron chi connectivity index (χ4n) is 4.58. The van der Waals surface area contributed by atoms with E-state index in [0.717, 1.165) is 24.1 Å². The molecule has 1 N–H and O–H groups in total. The van der Waals surface area contributed by atoms with E-state index in [0.29, 0.717) is 30.0 Å². The molecule has 0 radical (unpaired) electrons. The Morgan fingerprint density at radius 1 is 1.20 bits per heavy atom. The second-order valence-electron chi connectivity index (χ2n) is 7.76. The first-order valence-corrected chi connectivity index (χ1v) is 9.64. The van der Waals surface area contributed by atoms with Crippen LogP contribution < -0.4 is 5.32 Å². The Morgan fingerprint density at radius 2 is 1.80 bits per heavy atom. The second kappa shape index (κ2) is 7.61. The van der Waals surface area contributed by atoms with Gasteiger partial charge >= 0.3 is 0 Å². The number of rotatable bonds is 5. The number of carbonyl (C=O) groups excluding carboxylic acids is 1. The molecule has 1 aromatic rings. The van der Waals surface area contributed by atoms with Gasteiger partial charge in [-0.15, -0.1) is 0 Å². The fraction of sp³-hybridized carbons (Fsp3) is 0.700. The van der Waals surface area contributed by atoms with Gasteiger partial charge in [-0.1, -0.05) is 25.7 Å². The van der Waals surface area contributed by atoms with Gasteiger partial charge < -0.3 is 9.88 Å². The third-order valence-electron chi connectivity index (χ3n) is 6.16. The molecule has 0 aromatic carbocycles. The molecule has 5 nitrogen and oxygen atoms in total. The van der Waals surface area contributed by atoms with E-state index < -0.39 is 0 Å². The summed E-state index contributed by atoms with van der Waals surface area (Å²) in [6.07, 6.45) is 9.60. The Kier molecular flexibility index (Phi) is 5.48. The van der Waals surface area contributed by atoms with E-state index in [1.165, 1.54) is 38.5 Å². The first-order valence-electron chi connectivity index (χ1n) is 9.64. The third-order valence-corrected chi connectivity index (χ3v) is 6.16. The predicted molar refractivity (Wildman–Crippen MR) is 99.6 cm³/mol. The monoisotopic (exact) mass is 342 g/mol. The van der Waals surface area contributed by atoms with Gasteiger partial charge in [-0.2, -0.15) is 5.26 Å². The van der Waals surface area contributed by atoms with Crippen LogP contribution in [-0.2, 0) is 4.79 Å². The van der Waals surface area contributed by atoms with E-state index >= 15 is 0 Å². The zero-order valence-electron chi connectivity index (χ0n) is 15.8. The third kappa shape index (κ3) is 3.59. The maximum Gasteiger partial charge on any atom is 0.239 e. The molecule has 2 saturated carbocycles. The molecule has 2 aliphatic rings. The zero-order valence-corrected chi connectivity index (χ0v) is 15.8.